The molecule has 3 rings (SSSR count). The molecule has 0 amide bonds. The molecule has 0 saturated carbocycles. The molecule has 1 aliphatic rings. The van der Waals surface area contributed by atoms with E-state index in [1.54, 1.807) is 0 Å². The van der Waals surface area contributed by atoms with E-state index in [-0.39, 0.29) is 0 Å². The average molecular weight is 253 g/mol. The fourth-order valence-corrected chi connectivity index (χ4v) is 2.73. The molecule has 19 heavy (non-hydrogen) atoms. The van der Waals surface area contributed by atoms with Crippen molar-refractivity contribution in [3.05, 3.63) is 47.8 Å². The van der Waals surface area contributed by atoms with Gasteiger partial charge in [-0.1, -0.05) is 36.4 Å². The lowest BCUT2D eigenvalue weighted by Gasteiger charge is -2.15. The largest absolute Gasteiger partial charge is 0.330 e. The Bertz CT molecular complexity index is 596. The maximum atomic E-state index is 5.65. The van der Waals surface area contributed by atoms with Gasteiger partial charge in [0.05, 0.1) is 11.4 Å². The smallest absolute Gasteiger partial charge is 0.140 e. The summed E-state index contributed by atoms with van der Waals surface area (Å²) in [4.78, 5) is 4.82. The van der Waals surface area contributed by atoms with E-state index in [4.69, 9.17) is 10.7 Å². The van der Waals surface area contributed by atoms with Crippen LogP contribution in [-0.4, -0.2) is 16.1 Å². The molecule has 2 aromatic rings. The molecular weight excluding hydrogens is 234 g/mol. The predicted molar refractivity (Wildman–Crippen MR) is 78.5 cm³/mol. The van der Waals surface area contributed by atoms with E-state index in [0.29, 0.717) is 5.92 Å². The monoisotopic (exact) mass is 253 g/mol. The summed E-state index contributed by atoms with van der Waals surface area (Å²) in [7, 11) is 2.09. The maximum absolute atomic E-state index is 5.65. The highest BCUT2D eigenvalue weighted by atomic mass is 15.1. The number of nitrogens with two attached hydrogens (primary N) is 1. The maximum Gasteiger partial charge on any atom is 0.140 e. The molecule has 0 bridgehead atoms. The number of hydrogen-bond acceptors (Lipinski definition) is 2. The zero-order valence-electron chi connectivity index (χ0n) is 11.2. The van der Waals surface area contributed by atoms with Crippen LogP contribution < -0.4 is 5.73 Å². The molecule has 1 heterocycles. The van der Waals surface area contributed by atoms with Crippen LogP contribution in [-0.2, 0) is 13.5 Å². The van der Waals surface area contributed by atoms with Gasteiger partial charge in [-0.3, -0.25) is 0 Å². The number of hydrogen-bond donors (Lipinski definition) is 1. The Balaban J connectivity index is 1.98. The molecule has 1 aliphatic carbocycles. The van der Waals surface area contributed by atoms with Crippen molar-refractivity contribution in [2.24, 2.45) is 18.7 Å². The zero-order valence-corrected chi connectivity index (χ0v) is 11.2. The Labute approximate surface area is 113 Å². The molecule has 0 aliphatic heterocycles. The molecule has 0 unspecified atom stereocenters. The first-order chi connectivity index (χ1) is 9.29. The average Bonchev–Trinajstić information content (AvgIpc) is 2.77. The van der Waals surface area contributed by atoms with Crippen LogP contribution in [0.1, 0.15) is 17.8 Å². The van der Waals surface area contributed by atoms with E-state index in [2.05, 4.69) is 48.0 Å². The molecule has 3 nitrogen and oxygen atoms in total. The van der Waals surface area contributed by atoms with E-state index in [1.807, 2.05) is 6.07 Å². The van der Waals surface area contributed by atoms with Gasteiger partial charge in [-0.15, -0.1) is 0 Å². The fraction of sp³-hybridized carbons (Fsp3) is 0.312. The zero-order chi connectivity index (χ0) is 13.2. The van der Waals surface area contributed by atoms with Gasteiger partial charge in [0, 0.05) is 12.6 Å². The Morgan fingerprint density at radius 1 is 1.32 bits per heavy atom. The summed E-state index contributed by atoms with van der Waals surface area (Å²) in [6, 6.07) is 10.3. The molecule has 0 fully saturated rings. The summed E-state index contributed by atoms with van der Waals surface area (Å²) >= 11 is 0. The van der Waals surface area contributed by atoms with E-state index >= 15 is 0 Å². The third-order valence-electron chi connectivity index (χ3n) is 3.77. The van der Waals surface area contributed by atoms with Crippen molar-refractivity contribution in [3.63, 3.8) is 0 Å². The van der Waals surface area contributed by atoms with E-state index < -0.39 is 0 Å². The number of fused-ring (bicyclic) bond motifs is 1. The minimum absolute atomic E-state index is 0.538. The van der Waals surface area contributed by atoms with Crippen molar-refractivity contribution in [3.8, 4) is 11.4 Å². The number of allylic oxidation sites excluding steroid dienone is 1. The van der Waals surface area contributed by atoms with Gasteiger partial charge in [-0.2, -0.15) is 0 Å². The Hall–Kier alpha value is -1.87. The van der Waals surface area contributed by atoms with Gasteiger partial charge < -0.3 is 10.3 Å². The van der Waals surface area contributed by atoms with Gasteiger partial charge in [0.25, 0.3) is 0 Å². The first kappa shape index (κ1) is 12.2. The number of imidazole rings is 1. The topological polar surface area (TPSA) is 43.8 Å². The van der Waals surface area contributed by atoms with Gasteiger partial charge >= 0.3 is 0 Å². The summed E-state index contributed by atoms with van der Waals surface area (Å²) in [5.74, 6) is 1.58. The first-order valence-electron chi connectivity index (χ1n) is 6.79. The van der Waals surface area contributed by atoms with Crippen LogP contribution in [0.3, 0.4) is 0 Å². The van der Waals surface area contributed by atoms with Crippen LogP contribution >= 0.6 is 0 Å². The molecule has 0 radical (unpaired) electrons. The number of benzene rings is 1. The van der Waals surface area contributed by atoms with Gasteiger partial charge in [0.1, 0.15) is 5.82 Å². The van der Waals surface area contributed by atoms with Crippen molar-refractivity contribution in [2.45, 2.75) is 12.8 Å². The molecule has 3 heteroatoms. The molecule has 1 aromatic heterocycles. The van der Waals surface area contributed by atoms with Crippen molar-refractivity contribution < 1.29 is 0 Å². The summed E-state index contributed by atoms with van der Waals surface area (Å²) < 4.78 is 2.18. The highest BCUT2D eigenvalue weighted by Crippen LogP contribution is 2.28. The standard InChI is InChI=1S/C16H19N3/c1-19-15-8-7-12(9-10-17)11-14(15)18-16(19)13-5-3-2-4-6-13/h2-8,12H,9-11,17H2,1H3/t12-/m1/s1. The quantitative estimate of drug-likeness (QED) is 0.913. The van der Waals surface area contributed by atoms with Gasteiger partial charge in [0.2, 0.25) is 0 Å². The molecular formula is C16H19N3. The Kier molecular flexibility index (Phi) is 3.22. The van der Waals surface area contributed by atoms with Crippen LogP contribution in [0.25, 0.3) is 17.5 Å². The second kappa shape index (κ2) is 5.02. The van der Waals surface area contributed by atoms with Crippen LogP contribution in [0.15, 0.2) is 36.4 Å². The van der Waals surface area contributed by atoms with Crippen molar-refractivity contribution in [1.82, 2.24) is 9.55 Å². The number of aromatic nitrogens is 2. The molecule has 0 saturated heterocycles. The lowest BCUT2D eigenvalue weighted by Crippen LogP contribution is -2.12. The van der Waals surface area contributed by atoms with Gasteiger partial charge in [0.15, 0.2) is 0 Å². The van der Waals surface area contributed by atoms with Crippen LogP contribution in [0.4, 0.5) is 0 Å². The third kappa shape index (κ3) is 2.22. The second-order valence-electron chi connectivity index (χ2n) is 5.09. The summed E-state index contributed by atoms with van der Waals surface area (Å²) in [5, 5.41) is 0. The van der Waals surface area contributed by atoms with Crippen molar-refractivity contribution in [1.29, 1.82) is 0 Å². The lowest BCUT2D eigenvalue weighted by atomic mass is 9.93. The fourth-order valence-electron chi connectivity index (χ4n) is 2.73. The van der Waals surface area contributed by atoms with Crippen molar-refractivity contribution in [2.75, 3.05) is 6.54 Å². The van der Waals surface area contributed by atoms with Gasteiger partial charge in [-0.05, 0) is 31.4 Å². The summed E-state index contributed by atoms with van der Waals surface area (Å²) in [5.41, 5.74) is 9.24. The van der Waals surface area contributed by atoms with E-state index in [9.17, 15) is 0 Å². The summed E-state index contributed by atoms with van der Waals surface area (Å²) in [6.45, 7) is 0.739. The highest BCUT2D eigenvalue weighted by Gasteiger charge is 2.20. The van der Waals surface area contributed by atoms with Crippen LogP contribution in [0.5, 0.6) is 0 Å². The normalized spacial score (nSPS) is 17.5. The van der Waals surface area contributed by atoms with E-state index in [1.165, 1.54) is 17.0 Å². The molecule has 0 spiro atoms. The lowest BCUT2D eigenvalue weighted by molar-refractivity contribution is 0.585. The predicted octanol–water partition coefficient (Wildman–Crippen LogP) is 2.62. The minimum atomic E-state index is 0.538. The van der Waals surface area contributed by atoms with Gasteiger partial charge in [-0.25, -0.2) is 4.98 Å². The van der Waals surface area contributed by atoms with E-state index in [0.717, 1.165) is 25.2 Å². The SMILES string of the molecule is Cn1c(-c2ccccc2)nc2c1C=C[C@H](CCN)C2. The second-order valence-corrected chi connectivity index (χ2v) is 5.09. The minimum Gasteiger partial charge on any atom is -0.330 e. The Morgan fingerprint density at radius 2 is 2.11 bits per heavy atom. The molecule has 2 N–H and O–H groups in total. The third-order valence-corrected chi connectivity index (χ3v) is 3.77. The molecule has 1 atom stereocenters. The molecule has 1 aromatic carbocycles. The Morgan fingerprint density at radius 3 is 2.84 bits per heavy atom. The van der Waals surface area contributed by atoms with Crippen molar-refractivity contribution >= 4 is 6.08 Å². The number of nitrogens with zero attached hydrogens (tertiary/aromatic N) is 2. The first-order valence-corrected chi connectivity index (χ1v) is 6.79. The van der Waals surface area contributed by atoms with Crippen LogP contribution in [0, 0.1) is 5.92 Å². The number of rotatable bonds is 3. The highest BCUT2D eigenvalue weighted by molar-refractivity contribution is 5.62. The summed E-state index contributed by atoms with van der Waals surface area (Å²) in [6.07, 6.45) is 6.50. The molecule has 98 valence electrons. The van der Waals surface area contributed by atoms with Crippen LogP contribution in [0.2, 0.25) is 0 Å².